The maximum Gasteiger partial charge on any atom is 0.240 e. The molecule has 0 spiro atoms. The summed E-state index contributed by atoms with van der Waals surface area (Å²) < 4.78 is 0. The highest BCUT2D eigenvalue weighted by atomic mass is 16.2. The van der Waals surface area contributed by atoms with Crippen LogP contribution >= 0.6 is 0 Å². The van der Waals surface area contributed by atoms with E-state index in [-0.39, 0.29) is 11.9 Å². The summed E-state index contributed by atoms with van der Waals surface area (Å²) in [6, 6.07) is 3.70. The van der Waals surface area contributed by atoms with E-state index in [0.29, 0.717) is 6.54 Å². The highest BCUT2D eigenvalue weighted by molar-refractivity contribution is 5.82. The van der Waals surface area contributed by atoms with Crippen molar-refractivity contribution in [1.29, 1.82) is 0 Å². The lowest BCUT2D eigenvalue weighted by Crippen LogP contribution is -2.49. The Labute approximate surface area is 94.9 Å². The highest BCUT2D eigenvalue weighted by Gasteiger charge is 2.27. The standard InChI is InChI=1S/C11H16N4O/c1-12-10-5-3-7-15(11(10)16)8-9-4-2-6-13-14-9/h2,4,6,10,12H,3,5,7-8H2,1H3. The number of hydrogen-bond donors (Lipinski definition) is 1. The van der Waals surface area contributed by atoms with Crippen LogP contribution in [0.2, 0.25) is 0 Å². The van der Waals surface area contributed by atoms with Gasteiger partial charge in [0.15, 0.2) is 0 Å². The van der Waals surface area contributed by atoms with Gasteiger partial charge in [-0.2, -0.15) is 10.2 Å². The number of nitrogens with zero attached hydrogens (tertiary/aromatic N) is 3. The minimum Gasteiger partial charge on any atom is -0.335 e. The zero-order chi connectivity index (χ0) is 11.4. The van der Waals surface area contributed by atoms with Crippen molar-refractivity contribution < 1.29 is 4.79 Å². The summed E-state index contributed by atoms with van der Waals surface area (Å²) >= 11 is 0. The second-order valence-corrected chi connectivity index (χ2v) is 3.96. The SMILES string of the molecule is CNC1CCCN(Cc2cccnn2)C1=O. The van der Waals surface area contributed by atoms with Crippen molar-refractivity contribution in [2.75, 3.05) is 13.6 Å². The van der Waals surface area contributed by atoms with E-state index in [1.165, 1.54) is 0 Å². The van der Waals surface area contributed by atoms with Crippen molar-refractivity contribution in [2.24, 2.45) is 0 Å². The molecule has 0 aliphatic carbocycles. The number of amides is 1. The Balaban J connectivity index is 2.02. The van der Waals surface area contributed by atoms with Crippen molar-refractivity contribution in [3.05, 3.63) is 24.0 Å². The minimum atomic E-state index is -0.0366. The number of likely N-dealkylation sites (N-methyl/N-ethyl adjacent to an activating group) is 1. The molecule has 1 aromatic heterocycles. The Bertz CT molecular complexity index is 354. The molecule has 2 rings (SSSR count). The van der Waals surface area contributed by atoms with Gasteiger partial charge < -0.3 is 10.2 Å². The topological polar surface area (TPSA) is 58.1 Å². The van der Waals surface area contributed by atoms with E-state index in [4.69, 9.17) is 0 Å². The molecule has 16 heavy (non-hydrogen) atoms. The van der Waals surface area contributed by atoms with Crippen molar-refractivity contribution >= 4 is 5.91 Å². The molecule has 1 saturated heterocycles. The van der Waals surface area contributed by atoms with E-state index in [1.54, 1.807) is 6.20 Å². The molecular formula is C11H16N4O. The summed E-state index contributed by atoms with van der Waals surface area (Å²) in [6.45, 7) is 1.37. The summed E-state index contributed by atoms with van der Waals surface area (Å²) in [6.07, 6.45) is 3.60. The largest absolute Gasteiger partial charge is 0.335 e. The number of carbonyl (C=O) groups is 1. The van der Waals surface area contributed by atoms with Gasteiger partial charge in [0.2, 0.25) is 5.91 Å². The van der Waals surface area contributed by atoms with Gasteiger partial charge in [0.25, 0.3) is 0 Å². The molecule has 1 atom stereocenters. The molecule has 1 fully saturated rings. The Hall–Kier alpha value is -1.49. The fraction of sp³-hybridized carbons (Fsp3) is 0.545. The fourth-order valence-electron chi connectivity index (χ4n) is 1.98. The van der Waals surface area contributed by atoms with Crippen LogP contribution in [-0.2, 0) is 11.3 Å². The van der Waals surface area contributed by atoms with Gasteiger partial charge in [-0.05, 0) is 32.0 Å². The van der Waals surface area contributed by atoms with E-state index in [2.05, 4.69) is 15.5 Å². The molecular weight excluding hydrogens is 204 g/mol. The molecule has 5 heteroatoms. The number of piperidine rings is 1. The number of nitrogens with one attached hydrogen (secondary N) is 1. The van der Waals surface area contributed by atoms with Gasteiger partial charge in [-0.3, -0.25) is 4.79 Å². The maximum absolute atomic E-state index is 12.0. The van der Waals surface area contributed by atoms with Crippen LogP contribution < -0.4 is 5.32 Å². The summed E-state index contributed by atoms with van der Waals surface area (Å²) in [5.41, 5.74) is 0.840. The molecule has 0 saturated carbocycles. The summed E-state index contributed by atoms with van der Waals surface area (Å²) in [5, 5.41) is 10.8. The van der Waals surface area contributed by atoms with Crippen molar-refractivity contribution in [1.82, 2.24) is 20.4 Å². The normalized spacial score (nSPS) is 21.2. The van der Waals surface area contributed by atoms with Crippen LogP contribution in [-0.4, -0.2) is 40.6 Å². The van der Waals surface area contributed by atoms with Crippen LogP contribution in [0.5, 0.6) is 0 Å². The summed E-state index contributed by atoms with van der Waals surface area (Å²) in [4.78, 5) is 13.8. The average Bonchev–Trinajstić information content (AvgIpc) is 2.33. The Morgan fingerprint density at radius 1 is 1.62 bits per heavy atom. The summed E-state index contributed by atoms with van der Waals surface area (Å²) in [7, 11) is 1.83. The average molecular weight is 220 g/mol. The molecule has 1 unspecified atom stereocenters. The van der Waals surface area contributed by atoms with Crippen LogP contribution in [0, 0.1) is 0 Å². The first-order chi connectivity index (χ1) is 7.81. The van der Waals surface area contributed by atoms with Crippen LogP contribution in [0.4, 0.5) is 0 Å². The second kappa shape index (κ2) is 5.03. The Kier molecular flexibility index (Phi) is 3.46. The molecule has 0 aromatic carbocycles. The smallest absolute Gasteiger partial charge is 0.240 e. The molecule has 5 nitrogen and oxygen atoms in total. The van der Waals surface area contributed by atoms with Crippen LogP contribution in [0.3, 0.4) is 0 Å². The van der Waals surface area contributed by atoms with Gasteiger partial charge in [-0.25, -0.2) is 0 Å². The number of rotatable bonds is 3. The third kappa shape index (κ3) is 2.36. The van der Waals surface area contributed by atoms with E-state index in [0.717, 1.165) is 25.1 Å². The number of likely N-dealkylation sites (tertiary alicyclic amines) is 1. The molecule has 1 aliphatic heterocycles. The number of hydrogen-bond acceptors (Lipinski definition) is 4. The van der Waals surface area contributed by atoms with E-state index < -0.39 is 0 Å². The van der Waals surface area contributed by atoms with E-state index in [9.17, 15) is 4.79 Å². The third-order valence-corrected chi connectivity index (χ3v) is 2.86. The first-order valence-electron chi connectivity index (χ1n) is 5.54. The Morgan fingerprint density at radius 2 is 2.50 bits per heavy atom. The predicted molar refractivity (Wildman–Crippen MR) is 59.5 cm³/mol. The first-order valence-corrected chi connectivity index (χ1v) is 5.54. The molecule has 1 amide bonds. The lowest BCUT2D eigenvalue weighted by atomic mass is 10.0. The molecule has 0 bridgehead atoms. The minimum absolute atomic E-state index is 0.0366. The lowest BCUT2D eigenvalue weighted by Gasteiger charge is -2.31. The van der Waals surface area contributed by atoms with Gasteiger partial charge in [-0.15, -0.1) is 0 Å². The van der Waals surface area contributed by atoms with Gasteiger partial charge in [-0.1, -0.05) is 0 Å². The van der Waals surface area contributed by atoms with E-state index in [1.807, 2.05) is 24.1 Å². The predicted octanol–water partition coefficient (Wildman–Crippen LogP) is 0.187. The number of carbonyl (C=O) groups excluding carboxylic acids is 1. The van der Waals surface area contributed by atoms with Crippen molar-refractivity contribution in [3.8, 4) is 0 Å². The third-order valence-electron chi connectivity index (χ3n) is 2.86. The monoisotopic (exact) mass is 220 g/mol. The van der Waals surface area contributed by atoms with Gasteiger partial charge in [0, 0.05) is 12.7 Å². The molecule has 1 aromatic rings. The molecule has 1 N–H and O–H groups in total. The highest BCUT2D eigenvalue weighted by Crippen LogP contribution is 2.13. The van der Waals surface area contributed by atoms with Gasteiger partial charge >= 0.3 is 0 Å². The van der Waals surface area contributed by atoms with Crippen LogP contribution in [0.1, 0.15) is 18.5 Å². The fourth-order valence-corrected chi connectivity index (χ4v) is 1.98. The van der Waals surface area contributed by atoms with Crippen molar-refractivity contribution in [3.63, 3.8) is 0 Å². The zero-order valence-electron chi connectivity index (χ0n) is 9.39. The summed E-state index contributed by atoms with van der Waals surface area (Å²) in [5.74, 6) is 0.166. The molecule has 0 radical (unpaired) electrons. The van der Waals surface area contributed by atoms with Crippen LogP contribution in [0.25, 0.3) is 0 Å². The van der Waals surface area contributed by atoms with E-state index >= 15 is 0 Å². The van der Waals surface area contributed by atoms with Crippen LogP contribution in [0.15, 0.2) is 18.3 Å². The maximum atomic E-state index is 12.0. The number of aromatic nitrogens is 2. The van der Waals surface area contributed by atoms with Crippen molar-refractivity contribution in [2.45, 2.75) is 25.4 Å². The van der Waals surface area contributed by atoms with Gasteiger partial charge in [0.1, 0.15) is 0 Å². The lowest BCUT2D eigenvalue weighted by molar-refractivity contribution is -0.136. The zero-order valence-corrected chi connectivity index (χ0v) is 9.39. The second-order valence-electron chi connectivity index (χ2n) is 3.96. The quantitative estimate of drug-likeness (QED) is 0.790. The molecule has 86 valence electrons. The Morgan fingerprint density at radius 3 is 3.19 bits per heavy atom. The van der Waals surface area contributed by atoms with Gasteiger partial charge in [0.05, 0.1) is 18.3 Å². The molecule has 2 heterocycles. The molecule has 1 aliphatic rings. The first kappa shape index (κ1) is 11.0.